The summed E-state index contributed by atoms with van der Waals surface area (Å²) in [5.41, 5.74) is 3.22. The minimum absolute atomic E-state index is 0.0162. The maximum atomic E-state index is 13.4. The first-order valence-electron chi connectivity index (χ1n) is 5.71. The number of alkyl halides is 1. The van der Waals surface area contributed by atoms with Crippen molar-refractivity contribution in [3.05, 3.63) is 70.0 Å². The van der Waals surface area contributed by atoms with E-state index in [0.717, 1.165) is 12.0 Å². The smallest absolute Gasteiger partial charge is 0.142 e. The van der Waals surface area contributed by atoms with Gasteiger partial charge in [0, 0.05) is 4.83 Å². The van der Waals surface area contributed by atoms with Crippen LogP contribution in [0.15, 0.2) is 42.5 Å². The lowest BCUT2D eigenvalue weighted by Crippen LogP contribution is -1.98. The van der Waals surface area contributed by atoms with Crippen LogP contribution in [0.25, 0.3) is 0 Å². The number of rotatable bonds is 3. The summed E-state index contributed by atoms with van der Waals surface area (Å²) >= 11 is 9.56. The Morgan fingerprint density at radius 3 is 2.67 bits per heavy atom. The van der Waals surface area contributed by atoms with Gasteiger partial charge in [0.15, 0.2) is 0 Å². The Morgan fingerprint density at radius 1 is 1.22 bits per heavy atom. The third-order valence-electron chi connectivity index (χ3n) is 2.82. The van der Waals surface area contributed by atoms with Crippen molar-refractivity contribution in [2.75, 3.05) is 0 Å². The lowest BCUT2D eigenvalue weighted by atomic mass is 10.0. The number of hydrogen-bond donors (Lipinski definition) is 0. The highest BCUT2D eigenvalue weighted by Gasteiger charge is 2.14. The van der Waals surface area contributed by atoms with Gasteiger partial charge in [-0.3, -0.25) is 0 Å². The summed E-state index contributed by atoms with van der Waals surface area (Å²) in [7, 11) is 0. The molecular formula is C15H13BrClF. The van der Waals surface area contributed by atoms with Crippen LogP contribution < -0.4 is 0 Å². The Bertz CT molecular complexity index is 554. The van der Waals surface area contributed by atoms with Crippen molar-refractivity contribution in [3.8, 4) is 0 Å². The van der Waals surface area contributed by atoms with Crippen molar-refractivity contribution in [2.45, 2.75) is 18.2 Å². The molecule has 0 fully saturated rings. The van der Waals surface area contributed by atoms with Crippen LogP contribution in [-0.4, -0.2) is 0 Å². The van der Waals surface area contributed by atoms with E-state index in [1.54, 1.807) is 6.07 Å². The topological polar surface area (TPSA) is 0 Å². The molecule has 0 nitrogen and oxygen atoms in total. The average Bonchev–Trinajstić information content (AvgIpc) is 2.32. The molecule has 18 heavy (non-hydrogen) atoms. The molecule has 0 saturated heterocycles. The summed E-state index contributed by atoms with van der Waals surface area (Å²) in [6, 6.07) is 13.2. The lowest BCUT2D eigenvalue weighted by Gasteiger charge is -2.13. The molecule has 0 radical (unpaired) electrons. The predicted octanol–water partition coefficient (Wildman–Crippen LogP) is 5.47. The van der Waals surface area contributed by atoms with Crippen molar-refractivity contribution in [2.24, 2.45) is 0 Å². The summed E-state index contributed by atoms with van der Waals surface area (Å²) in [5.74, 6) is -0.372. The first kappa shape index (κ1) is 13.6. The summed E-state index contributed by atoms with van der Waals surface area (Å²) in [6.07, 6.45) is 0.783. The van der Waals surface area contributed by atoms with Crippen LogP contribution in [0.2, 0.25) is 5.02 Å². The molecule has 1 atom stereocenters. The SMILES string of the molecule is Cc1cccc(CC(Br)c2cccc(F)c2Cl)c1. The molecule has 0 aromatic heterocycles. The molecule has 0 N–H and O–H groups in total. The molecule has 3 heteroatoms. The van der Waals surface area contributed by atoms with Gasteiger partial charge in [0.1, 0.15) is 5.82 Å². The fraction of sp³-hybridized carbons (Fsp3) is 0.200. The zero-order valence-corrected chi connectivity index (χ0v) is 12.3. The third-order valence-corrected chi connectivity index (χ3v) is 4.03. The molecule has 0 spiro atoms. The van der Waals surface area contributed by atoms with E-state index in [1.807, 2.05) is 12.1 Å². The molecule has 0 saturated carbocycles. The van der Waals surface area contributed by atoms with Gasteiger partial charge in [0.2, 0.25) is 0 Å². The zero-order valence-electron chi connectivity index (χ0n) is 9.96. The highest BCUT2D eigenvalue weighted by atomic mass is 79.9. The standard InChI is InChI=1S/C15H13BrClF/c1-10-4-2-5-11(8-10)9-13(16)12-6-3-7-14(18)15(12)17/h2-8,13H,9H2,1H3. The third kappa shape index (κ3) is 3.12. The second kappa shape index (κ2) is 5.85. The normalized spacial score (nSPS) is 12.4. The highest BCUT2D eigenvalue weighted by molar-refractivity contribution is 9.09. The van der Waals surface area contributed by atoms with Gasteiger partial charge in [0.05, 0.1) is 5.02 Å². The van der Waals surface area contributed by atoms with Crippen LogP contribution in [0.5, 0.6) is 0 Å². The van der Waals surface area contributed by atoms with Crippen LogP contribution in [-0.2, 0) is 6.42 Å². The maximum Gasteiger partial charge on any atom is 0.142 e. The van der Waals surface area contributed by atoms with Gasteiger partial charge in [-0.25, -0.2) is 4.39 Å². The molecule has 1 unspecified atom stereocenters. The molecule has 0 aliphatic carbocycles. The minimum atomic E-state index is -0.372. The van der Waals surface area contributed by atoms with E-state index in [2.05, 4.69) is 41.1 Å². The number of halogens is 3. The molecule has 0 amide bonds. The van der Waals surface area contributed by atoms with Crippen molar-refractivity contribution in [3.63, 3.8) is 0 Å². The van der Waals surface area contributed by atoms with E-state index in [4.69, 9.17) is 11.6 Å². The van der Waals surface area contributed by atoms with Crippen LogP contribution in [0, 0.1) is 12.7 Å². The van der Waals surface area contributed by atoms with E-state index in [0.29, 0.717) is 0 Å². The molecule has 0 aliphatic rings. The Hall–Kier alpha value is -0.860. The molecule has 2 aromatic rings. The Kier molecular flexibility index (Phi) is 4.41. The summed E-state index contributed by atoms with van der Waals surface area (Å²) < 4.78 is 13.4. The van der Waals surface area contributed by atoms with Crippen molar-refractivity contribution in [1.29, 1.82) is 0 Å². The van der Waals surface area contributed by atoms with Gasteiger partial charge in [-0.1, -0.05) is 69.5 Å². The fourth-order valence-corrected chi connectivity index (χ4v) is 3.06. The largest absolute Gasteiger partial charge is 0.205 e. The van der Waals surface area contributed by atoms with Gasteiger partial charge in [-0.15, -0.1) is 0 Å². The highest BCUT2D eigenvalue weighted by Crippen LogP contribution is 2.33. The van der Waals surface area contributed by atoms with Gasteiger partial charge < -0.3 is 0 Å². The fourth-order valence-electron chi connectivity index (χ4n) is 1.92. The zero-order chi connectivity index (χ0) is 13.1. The van der Waals surface area contributed by atoms with E-state index in [9.17, 15) is 4.39 Å². The molecule has 0 aliphatic heterocycles. The van der Waals surface area contributed by atoms with Gasteiger partial charge >= 0.3 is 0 Å². The van der Waals surface area contributed by atoms with Gasteiger partial charge in [0.25, 0.3) is 0 Å². The van der Waals surface area contributed by atoms with Crippen LogP contribution in [0.4, 0.5) is 4.39 Å². The van der Waals surface area contributed by atoms with Crippen LogP contribution >= 0.6 is 27.5 Å². The second-order valence-electron chi connectivity index (χ2n) is 4.30. The van der Waals surface area contributed by atoms with Crippen molar-refractivity contribution in [1.82, 2.24) is 0 Å². The summed E-state index contributed by atoms with van der Waals surface area (Å²) in [5, 5.41) is 0.201. The minimum Gasteiger partial charge on any atom is -0.205 e. The number of benzene rings is 2. The number of hydrogen-bond acceptors (Lipinski definition) is 0. The van der Waals surface area contributed by atoms with Crippen LogP contribution in [0.1, 0.15) is 21.5 Å². The van der Waals surface area contributed by atoms with E-state index < -0.39 is 0 Å². The van der Waals surface area contributed by atoms with Crippen molar-refractivity contribution < 1.29 is 4.39 Å². The Morgan fingerprint density at radius 2 is 1.94 bits per heavy atom. The predicted molar refractivity (Wildman–Crippen MR) is 78.0 cm³/mol. The Balaban J connectivity index is 2.22. The molecule has 2 aromatic carbocycles. The molecule has 94 valence electrons. The van der Waals surface area contributed by atoms with E-state index in [1.165, 1.54) is 17.2 Å². The van der Waals surface area contributed by atoms with Crippen LogP contribution in [0.3, 0.4) is 0 Å². The second-order valence-corrected chi connectivity index (χ2v) is 5.79. The monoisotopic (exact) mass is 326 g/mol. The molecular weight excluding hydrogens is 315 g/mol. The van der Waals surface area contributed by atoms with E-state index in [-0.39, 0.29) is 15.7 Å². The lowest BCUT2D eigenvalue weighted by molar-refractivity contribution is 0.625. The summed E-state index contributed by atoms with van der Waals surface area (Å²) in [6.45, 7) is 2.06. The number of aryl methyl sites for hydroxylation is 1. The van der Waals surface area contributed by atoms with Crippen molar-refractivity contribution >= 4 is 27.5 Å². The maximum absolute atomic E-state index is 13.4. The first-order valence-corrected chi connectivity index (χ1v) is 7.01. The average molecular weight is 328 g/mol. The van der Waals surface area contributed by atoms with Gasteiger partial charge in [-0.2, -0.15) is 0 Å². The van der Waals surface area contributed by atoms with E-state index >= 15 is 0 Å². The molecule has 0 bridgehead atoms. The molecule has 0 heterocycles. The molecule has 2 rings (SSSR count). The first-order chi connectivity index (χ1) is 8.58. The Labute approximate surface area is 120 Å². The quantitative estimate of drug-likeness (QED) is 0.656. The summed E-state index contributed by atoms with van der Waals surface area (Å²) in [4.78, 5) is 0.0162. The van der Waals surface area contributed by atoms with Gasteiger partial charge in [-0.05, 0) is 30.5 Å².